The highest BCUT2D eigenvalue weighted by molar-refractivity contribution is 9.10. The summed E-state index contributed by atoms with van der Waals surface area (Å²) >= 11 is 3.40. The Hall–Kier alpha value is -2.74. The van der Waals surface area contributed by atoms with E-state index in [1.807, 2.05) is 24.3 Å². The Morgan fingerprint density at radius 2 is 1.84 bits per heavy atom. The number of nitrogens with one attached hydrogen (secondary N) is 1. The lowest BCUT2D eigenvalue weighted by molar-refractivity contribution is -0.137. The highest BCUT2D eigenvalue weighted by atomic mass is 79.9. The lowest BCUT2D eigenvalue weighted by Crippen LogP contribution is -2.39. The fourth-order valence-corrected chi connectivity index (χ4v) is 4.63. The molecule has 1 amide bonds. The summed E-state index contributed by atoms with van der Waals surface area (Å²) < 4.78 is 40.1. The van der Waals surface area contributed by atoms with Crippen molar-refractivity contribution in [2.75, 3.05) is 5.32 Å². The van der Waals surface area contributed by atoms with E-state index in [0.29, 0.717) is 36.2 Å². The van der Waals surface area contributed by atoms with E-state index >= 15 is 0 Å². The number of hydrogen-bond acceptors (Lipinski definition) is 3. The topological polar surface area (TPSA) is 58.5 Å². The van der Waals surface area contributed by atoms with Crippen molar-refractivity contribution in [3.05, 3.63) is 75.4 Å². The third-order valence-corrected chi connectivity index (χ3v) is 6.33. The normalized spacial score (nSPS) is 21.2. The fourth-order valence-electron chi connectivity index (χ4n) is 4.37. The zero-order valence-electron chi connectivity index (χ0n) is 17.2. The molecule has 4 rings (SSSR count). The molecule has 0 spiro atoms. The minimum absolute atomic E-state index is 0.0349. The molecule has 1 aliphatic heterocycles. The van der Waals surface area contributed by atoms with Crippen LogP contribution in [0.1, 0.15) is 43.2 Å². The second kappa shape index (κ2) is 8.65. The summed E-state index contributed by atoms with van der Waals surface area (Å²) in [5.74, 6) is -1.89. The first kappa shape index (κ1) is 22.5. The quantitative estimate of drug-likeness (QED) is 0.533. The first-order valence-electron chi connectivity index (χ1n) is 10.2. The van der Waals surface area contributed by atoms with Crippen LogP contribution in [0.3, 0.4) is 0 Å². The van der Waals surface area contributed by atoms with Crippen molar-refractivity contribution in [1.29, 1.82) is 0 Å². The molecular formula is C24H20BrF3N2O2. The molecule has 2 atom stereocenters. The molecule has 2 aromatic carbocycles. The molecular weight excluding hydrogens is 485 g/mol. The van der Waals surface area contributed by atoms with E-state index in [2.05, 4.69) is 26.2 Å². The van der Waals surface area contributed by atoms with Crippen molar-refractivity contribution in [3.8, 4) is 0 Å². The standard InChI is InChI=1S/C24H20BrF3N2O2/c1-13-20(23(32)30-17-5-2-4-15(12-17)24(26,27)28)21(14-8-10-16(25)11-9-14)22-18(29-13)6-3-7-19(22)31/h2,4-5,8-12,20-21H,3,6-7H2,1H3,(H,30,32)/t20?,21-/m0/s1. The van der Waals surface area contributed by atoms with Crippen LogP contribution in [0.15, 0.2) is 69.3 Å². The minimum Gasteiger partial charge on any atom is -0.325 e. The zero-order valence-corrected chi connectivity index (χ0v) is 18.8. The summed E-state index contributed by atoms with van der Waals surface area (Å²) in [5.41, 5.74) is 1.76. The van der Waals surface area contributed by atoms with Crippen LogP contribution in [0.4, 0.5) is 18.9 Å². The van der Waals surface area contributed by atoms with Crippen LogP contribution in [0.5, 0.6) is 0 Å². The van der Waals surface area contributed by atoms with Gasteiger partial charge in [0.1, 0.15) is 0 Å². The Kier molecular flexibility index (Phi) is 6.07. The predicted molar refractivity (Wildman–Crippen MR) is 119 cm³/mol. The Balaban J connectivity index is 1.73. The van der Waals surface area contributed by atoms with Crippen LogP contribution in [0.2, 0.25) is 0 Å². The molecule has 2 aromatic rings. The van der Waals surface area contributed by atoms with Gasteiger partial charge >= 0.3 is 6.18 Å². The van der Waals surface area contributed by atoms with Crippen molar-refractivity contribution < 1.29 is 22.8 Å². The molecule has 166 valence electrons. The smallest absolute Gasteiger partial charge is 0.325 e. The summed E-state index contributed by atoms with van der Waals surface area (Å²) in [6, 6.07) is 11.9. The molecule has 0 bridgehead atoms. The van der Waals surface area contributed by atoms with Gasteiger partial charge in [0.25, 0.3) is 0 Å². The molecule has 0 saturated carbocycles. The van der Waals surface area contributed by atoms with Gasteiger partial charge in [0, 0.05) is 39.5 Å². The summed E-state index contributed by atoms with van der Waals surface area (Å²) in [7, 11) is 0. The van der Waals surface area contributed by atoms with E-state index in [1.54, 1.807) is 6.92 Å². The number of rotatable bonds is 3. The summed E-state index contributed by atoms with van der Waals surface area (Å²) in [5, 5.41) is 2.61. The van der Waals surface area contributed by atoms with Crippen molar-refractivity contribution >= 4 is 39.0 Å². The predicted octanol–water partition coefficient (Wildman–Crippen LogP) is 6.29. The summed E-state index contributed by atoms with van der Waals surface area (Å²) in [4.78, 5) is 30.8. The number of amides is 1. The molecule has 1 unspecified atom stereocenters. The van der Waals surface area contributed by atoms with E-state index in [9.17, 15) is 22.8 Å². The molecule has 32 heavy (non-hydrogen) atoms. The van der Waals surface area contributed by atoms with Gasteiger partial charge in [-0.15, -0.1) is 0 Å². The molecule has 2 aliphatic rings. The van der Waals surface area contributed by atoms with Crippen LogP contribution >= 0.6 is 15.9 Å². The first-order chi connectivity index (χ1) is 15.1. The molecule has 0 aromatic heterocycles. The highest BCUT2D eigenvalue weighted by Crippen LogP contribution is 2.43. The Morgan fingerprint density at radius 3 is 2.53 bits per heavy atom. The molecule has 1 aliphatic carbocycles. The van der Waals surface area contributed by atoms with E-state index < -0.39 is 29.5 Å². The van der Waals surface area contributed by atoms with Crippen molar-refractivity contribution in [3.63, 3.8) is 0 Å². The number of anilines is 1. The number of aliphatic imine (C=N–C) groups is 1. The number of carbonyl (C=O) groups is 2. The number of benzene rings is 2. The minimum atomic E-state index is -4.52. The monoisotopic (exact) mass is 504 g/mol. The molecule has 1 heterocycles. The number of halogens is 4. The van der Waals surface area contributed by atoms with Gasteiger partial charge in [-0.05, 0) is 55.7 Å². The largest absolute Gasteiger partial charge is 0.416 e. The van der Waals surface area contributed by atoms with Crippen LogP contribution in [0, 0.1) is 5.92 Å². The zero-order chi connectivity index (χ0) is 23.0. The van der Waals surface area contributed by atoms with Crippen molar-refractivity contribution in [2.45, 2.75) is 38.3 Å². The number of ketones is 1. The summed E-state index contributed by atoms with van der Waals surface area (Å²) in [6.45, 7) is 1.73. The summed E-state index contributed by atoms with van der Waals surface area (Å²) in [6.07, 6.45) is -2.75. The van der Waals surface area contributed by atoms with Gasteiger partial charge in [0.05, 0.1) is 11.5 Å². The molecule has 0 saturated heterocycles. The average Bonchev–Trinajstić information content (AvgIpc) is 2.73. The molecule has 4 nitrogen and oxygen atoms in total. The number of nitrogens with zero attached hydrogens (tertiary/aromatic N) is 1. The number of allylic oxidation sites excluding steroid dienone is 2. The molecule has 1 N–H and O–H groups in total. The number of carbonyl (C=O) groups excluding carboxylic acids is 2. The number of alkyl halides is 3. The SMILES string of the molecule is CC1=NC2=C(C(=O)CCC2)[C@@H](c2ccc(Br)cc2)C1C(=O)Nc1cccc(C(F)(F)F)c1. The average molecular weight is 505 g/mol. The van der Waals surface area contributed by atoms with Crippen molar-refractivity contribution in [2.24, 2.45) is 10.9 Å². The van der Waals surface area contributed by atoms with Crippen LogP contribution in [-0.4, -0.2) is 17.4 Å². The Bertz CT molecular complexity index is 1140. The third-order valence-electron chi connectivity index (χ3n) is 5.80. The van der Waals surface area contributed by atoms with E-state index in [4.69, 9.17) is 0 Å². The number of Topliss-reactive ketones (excluding diaryl/α,β-unsaturated/α-hetero) is 1. The van der Waals surface area contributed by atoms with E-state index in [0.717, 1.165) is 22.2 Å². The van der Waals surface area contributed by atoms with Gasteiger partial charge in [0.2, 0.25) is 5.91 Å². The third kappa shape index (κ3) is 4.41. The van der Waals surface area contributed by atoms with E-state index in [-0.39, 0.29) is 11.5 Å². The molecule has 0 fully saturated rings. The van der Waals surface area contributed by atoms with Crippen molar-refractivity contribution in [1.82, 2.24) is 0 Å². The fraction of sp³-hybridized carbons (Fsp3) is 0.292. The lowest BCUT2D eigenvalue weighted by atomic mass is 9.71. The Morgan fingerprint density at radius 1 is 1.12 bits per heavy atom. The number of hydrogen-bond donors (Lipinski definition) is 1. The first-order valence-corrected chi connectivity index (χ1v) is 11.0. The molecule has 8 heteroatoms. The second-order valence-electron chi connectivity index (χ2n) is 7.96. The maximum atomic E-state index is 13.4. The van der Waals surface area contributed by atoms with Gasteiger partial charge < -0.3 is 5.32 Å². The maximum Gasteiger partial charge on any atom is 0.416 e. The lowest BCUT2D eigenvalue weighted by Gasteiger charge is -2.35. The van der Waals surface area contributed by atoms with Gasteiger partial charge in [-0.25, -0.2) is 0 Å². The van der Waals surface area contributed by atoms with Crippen LogP contribution < -0.4 is 5.32 Å². The van der Waals surface area contributed by atoms with Gasteiger partial charge in [0.15, 0.2) is 5.78 Å². The van der Waals surface area contributed by atoms with Gasteiger partial charge in [-0.2, -0.15) is 13.2 Å². The van der Waals surface area contributed by atoms with Crippen LogP contribution in [-0.2, 0) is 15.8 Å². The van der Waals surface area contributed by atoms with Gasteiger partial charge in [-0.1, -0.05) is 34.1 Å². The maximum absolute atomic E-state index is 13.4. The Labute approximate surface area is 191 Å². The van der Waals surface area contributed by atoms with E-state index in [1.165, 1.54) is 12.1 Å². The molecule has 0 radical (unpaired) electrons. The second-order valence-corrected chi connectivity index (χ2v) is 8.88. The van der Waals surface area contributed by atoms with Crippen LogP contribution in [0.25, 0.3) is 0 Å². The van der Waals surface area contributed by atoms with Gasteiger partial charge in [-0.3, -0.25) is 14.6 Å². The highest BCUT2D eigenvalue weighted by Gasteiger charge is 2.42.